The van der Waals surface area contributed by atoms with Crippen molar-refractivity contribution >= 4 is 61.0 Å². The van der Waals surface area contributed by atoms with E-state index in [1.807, 2.05) is 24.3 Å². The van der Waals surface area contributed by atoms with E-state index in [9.17, 15) is 8.42 Å². The van der Waals surface area contributed by atoms with Crippen LogP contribution in [0.5, 0.6) is 0 Å². The van der Waals surface area contributed by atoms with Crippen molar-refractivity contribution in [2.75, 3.05) is 26.0 Å². The van der Waals surface area contributed by atoms with Crippen molar-refractivity contribution in [2.45, 2.75) is 37.6 Å². The number of fused-ring (bicyclic) bond motifs is 3. The number of benzene rings is 2. The van der Waals surface area contributed by atoms with Crippen molar-refractivity contribution in [3.8, 4) is 0 Å². The van der Waals surface area contributed by atoms with Gasteiger partial charge in [0.1, 0.15) is 16.2 Å². The van der Waals surface area contributed by atoms with Crippen molar-refractivity contribution in [3.05, 3.63) is 57.8 Å². The minimum atomic E-state index is -3.78. The van der Waals surface area contributed by atoms with Crippen molar-refractivity contribution in [2.24, 2.45) is 0 Å². The van der Waals surface area contributed by atoms with Crippen LogP contribution in [-0.4, -0.2) is 43.2 Å². The van der Waals surface area contributed by atoms with Crippen LogP contribution >= 0.6 is 23.2 Å². The predicted octanol–water partition coefficient (Wildman–Crippen LogP) is 4.73. The zero-order chi connectivity index (χ0) is 25.2. The molecule has 0 amide bonds. The van der Waals surface area contributed by atoms with E-state index in [-0.39, 0.29) is 21.5 Å². The smallest absolute Gasteiger partial charge is 0.242 e. The number of rotatable bonds is 10. The maximum Gasteiger partial charge on any atom is 0.242 e. The SMILES string of the molecule is COCCc1nc2c(N)nc3ccccc3c2n1CCCCNS(=O)(=O)c1ccc(C)c(Cl)c1Cl. The van der Waals surface area contributed by atoms with Crippen LogP contribution in [0.4, 0.5) is 5.82 Å². The molecule has 8 nitrogen and oxygen atoms in total. The minimum Gasteiger partial charge on any atom is -0.384 e. The third-order valence-electron chi connectivity index (χ3n) is 5.85. The second-order valence-electron chi connectivity index (χ2n) is 8.25. The predicted molar refractivity (Wildman–Crippen MR) is 141 cm³/mol. The minimum absolute atomic E-state index is 0.0216. The average molecular weight is 536 g/mol. The average Bonchev–Trinajstić information content (AvgIpc) is 3.20. The van der Waals surface area contributed by atoms with Gasteiger partial charge in [0.25, 0.3) is 0 Å². The van der Waals surface area contributed by atoms with E-state index in [4.69, 9.17) is 38.7 Å². The van der Waals surface area contributed by atoms with E-state index in [1.54, 1.807) is 20.1 Å². The fraction of sp³-hybridized carbons (Fsp3) is 0.333. The fourth-order valence-electron chi connectivity index (χ4n) is 4.04. The summed E-state index contributed by atoms with van der Waals surface area (Å²) in [5.41, 5.74) is 9.35. The Hall–Kier alpha value is -2.43. The summed E-state index contributed by atoms with van der Waals surface area (Å²) in [7, 11) is -2.13. The second kappa shape index (κ2) is 10.7. The summed E-state index contributed by atoms with van der Waals surface area (Å²) in [6, 6.07) is 10.9. The number of unbranched alkanes of at least 4 members (excludes halogenated alkanes) is 1. The van der Waals surface area contributed by atoms with Gasteiger partial charge in [-0.2, -0.15) is 0 Å². The molecular formula is C24H27Cl2N5O3S. The van der Waals surface area contributed by atoms with Gasteiger partial charge in [-0.15, -0.1) is 0 Å². The van der Waals surface area contributed by atoms with Crippen LogP contribution < -0.4 is 10.5 Å². The highest BCUT2D eigenvalue weighted by molar-refractivity contribution is 7.89. The fourth-order valence-corrected chi connectivity index (χ4v) is 5.94. The van der Waals surface area contributed by atoms with Crippen LogP contribution in [0, 0.1) is 6.92 Å². The first-order valence-corrected chi connectivity index (χ1v) is 13.4. The summed E-state index contributed by atoms with van der Waals surface area (Å²) in [6.07, 6.45) is 1.95. The number of ether oxygens (including phenoxy) is 1. The van der Waals surface area contributed by atoms with E-state index in [2.05, 4.69) is 14.3 Å². The lowest BCUT2D eigenvalue weighted by Crippen LogP contribution is -2.25. The highest BCUT2D eigenvalue weighted by atomic mass is 35.5. The lowest BCUT2D eigenvalue weighted by atomic mass is 10.2. The van der Waals surface area contributed by atoms with Gasteiger partial charge in [-0.25, -0.2) is 23.1 Å². The number of sulfonamides is 1. The highest BCUT2D eigenvalue weighted by Gasteiger charge is 2.21. The molecule has 0 saturated heterocycles. The zero-order valence-corrected chi connectivity index (χ0v) is 21.8. The molecule has 11 heteroatoms. The maximum atomic E-state index is 12.7. The number of hydrogen-bond acceptors (Lipinski definition) is 6. The first-order chi connectivity index (χ1) is 16.7. The number of nitrogens with zero attached hydrogens (tertiary/aromatic N) is 3. The number of hydrogen-bond donors (Lipinski definition) is 2. The number of imidazole rings is 1. The Morgan fingerprint density at radius 3 is 2.63 bits per heavy atom. The molecule has 3 N–H and O–H groups in total. The molecule has 0 saturated carbocycles. The van der Waals surface area contributed by atoms with Gasteiger partial charge in [-0.1, -0.05) is 47.5 Å². The Kier molecular flexibility index (Phi) is 7.83. The van der Waals surface area contributed by atoms with E-state index in [0.717, 1.165) is 27.8 Å². The Balaban J connectivity index is 1.52. The van der Waals surface area contributed by atoms with Crippen molar-refractivity contribution in [3.63, 3.8) is 0 Å². The molecule has 2 aromatic carbocycles. The van der Waals surface area contributed by atoms with Crippen LogP contribution in [0.25, 0.3) is 21.9 Å². The van der Waals surface area contributed by atoms with Crippen molar-refractivity contribution in [1.29, 1.82) is 0 Å². The van der Waals surface area contributed by atoms with Gasteiger partial charge >= 0.3 is 0 Å². The van der Waals surface area contributed by atoms with E-state index in [1.165, 1.54) is 6.07 Å². The molecular weight excluding hydrogens is 509 g/mol. The number of para-hydroxylation sites is 1. The molecule has 0 aliphatic heterocycles. The van der Waals surface area contributed by atoms with E-state index >= 15 is 0 Å². The van der Waals surface area contributed by atoms with Gasteiger partial charge in [-0.3, -0.25) is 0 Å². The molecule has 2 aromatic heterocycles. The van der Waals surface area contributed by atoms with Gasteiger partial charge in [0.15, 0.2) is 5.82 Å². The van der Waals surface area contributed by atoms with Crippen LogP contribution in [0.15, 0.2) is 41.3 Å². The largest absolute Gasteiger partial charge is 0.384 e. The molecule has 0 radical (unpaired) electrons. The highest BCUT2D eigenvalue weighted by Crippen LogP contribution is 2.32. The Morgan fingerprint density at radius 1 is 1.09 bits per heavy atom. The molecule has 0 aliphatic carbocycles. The van der Waals surface area contributed by atoms with Crippen LogP contribution in [0.1, 0.15) is 24.2 Å². The second-order valence-corrected chi connectivity index (χ2v) is 10.7. The number of pyridine rings is 1. The lowest BCUT2D eigenvalue weighted by molar-refractivity contribution is 0.199. The molecule has 4 rings (SSSR count). The molecule has 0 atom stereocenters. The first-order valence-electron chi connectivity index (χ1n) is 11.2. The molecule has 0 aliphatic rings. The normalized spacial score (nSPS) is 12.1. The topological polar surface area (TPSA) is 112 Å². The number of nitrogen functional groups attached to an aromatic ring is 1. The summed E-state index contributed by atoms with van der Waals surface area (Å²) < 4.78 is 35.5. The van der Waals surface area contributed by atoms with Crippen LogP contribution in [0.3, 0.4) is 0 Å². The molecule has 0 unspecified atom stereocenters. The molecule has 2 heterocycles. The van der Waals surface area contributed by atoms with Gasteiger partial charge in [0.05, 0.1) is 27.7 Å². The Bertz CT molecular complexity index is 1490. The van der Waals surface area contributed by atoms with Gasteiger partial charge in [0.2, 0.25) is 10.0 Å². The van der Waals surface area contributed by atoms with Crippen molar-refractivity contribution in [1.82, 2.24) is 19.3 Å². The number of anilines is 1. The standard InChI is InChI=1S/C24H27Cl2N5O3S/c1-15-9-10-18(21(26)20(15)25)35(32,33)28-12-5-6-13-31-19(11-14-34-2)30-22-23(31)16-7-3-4-8-17(16)29-24(22)27/h3-4,7-10,28H,5-6,11-14H2,1-2H3,(H2,27,29). The van der Waals surface area contributed by atoms with Crippen LogP contribution in [0.2, 0.25) is 10.0 Å². The third kappa shape index (κ3) is 5.24. The summed E-state index contributed by atoms with van der Waals surface area (Å²) in [5.74, 6) is 1.24. The molecule has 186 valence electrons. The third-order valence-corrected chi connectivity index (χ3v) is 8.44. The Labute approximate surface area is 214 Å². The van der Waals surface area contributed by atoms with Crippen molar-refractivity contribution < 1.29 is 13.2 Å². The number of methoxy groups -OCH3 is 1. The summed E-state index contributed by atoms with van der Waals surface area (Å²) >= 11 is 12.3. The quantitative estimate of drug-likeness (QED) is 0.284. The molecule has 35 heavy (non-hydrogen) atoms. The summed E-state index contributed by atoms with van der Waals surface area (Å²) in [4.78, 5) is 9.23. The number of aryl methyl sites for hydroxylation is 2. The molecule has 4 aromatic rings. The first kappa shape index (κ1) is 25.7. The van der Waals surface area contributed by atoms with Gasteiger partial charge < -0.3 is 15.0 Å². The van der Waals surface area contributed by atoms with E-state index < -0.39 is 10.0 Å². The molecule has 0 fully saturated rings. The lowest BCUT2D eigenvalue weighted by Gasteiger charge is -2.12. The van der Waals surface area contributed by atoms with Gasteiger partial charge in [-0.05, 0) is 37.5 Å². The Morgan fingerprint density at radius 2 is 1.86 bits per heavy atom. The van der Waals surface area contributed by atoms with Crippen LogP contribution in [-0.2, 0) is 27.7 Å². The number of halogens is 2. The number of nitrogens with one attached hydrogen (secondary N) is 1. The number of aromatic nitrogens is 3. The summed E-state index contributed by atoms with van der Waals surface area (Å²) in [5, 5.41) is 1.25. The molecule has 0 spiro atoms. The summed E-state index contributed by atoms with van der Waals surface area (Å²) in [6.45, 7) is 3.19. The zero-order valence-electron chi connectivity index (χ0n) is 19.5. The molecule has 0 bridgehead atoms. The maximum absolute atomic E-state index is 12.7. The van der Waals surface area contributed by atoms with E-state index in [0.29, 0.717) is 43.7 Å². The van der Waals surface area contributed by atoms with Gasteiger partial charge in [0, 0.05) is 32.0 Å². The monoisotopic (exact) mass is 535 g/mol. The number of nitrogens with two attached hydrogens (primary N) is 1.